The second-order valence-electron chi connectivity index (χ2n) is 4.18. The second-order valence-corrected chi connectivity index (χ2v) is 5.50. The molecule has 0 spiro atoms. The largest absolute Gasteiger partial charge is 0.485 e. The number of thiazole rings is 1. The van der Waals surface area contributed by atoms with Crippen molar-refractivity contribution >= 4 is 11.3 Å². The molecular weight excluding hydrogens is 263 g/mol. The standard InChI is InChI=1S/C14H17FN2OS/c1-3-16-7-11-4-5-14(13(15)6-11)18-9-12-8-17-10(2)19-12/h4-6,8,16H,3,7,9H2,1-2H3. The van der Waals surface area contributed by atoms with Crippen LogP contribution in [0.4, 0.5) is 4.39 Å². The highest BCUT2D eigenvalue weighted by atomic mass is 32.1. The van der Waals surface area contributed by atoms with Gasteiger partial charge in [-0.25, -0.2) is 9.37 Å². The number of aryl methyl sites for hydroxylation is 1. The van der Waals surface area contributed by atoms with Crippen LogP contribution in [0.3, 0.4) is 0 Å². The highest BCUT2D eigenvalue weighted by Gasteiger charge is 2.06. The van der Waals surface area contributed by atoms with Crippen LogP contribution < -0.4 is 10.1 Å². The van der Waals surface area contributed by atoms with Crippen LogP contribution in [0.25, 0.3) is 0 Å². The minimum atomic E-state index is -0.323. The zero-order valence-electron chi connectivity index (χ0n) is 11.1. The van der Waals surface area contributed by atoms with E-state index in [2.05, 4.69) is 10.3 Å². The lowest BCUT2D eigenvalue weighted by atomic mass is 10.2. The first-order valence-electron chi connectivity index (χ1n) is 6.22. The van der Waals surface area contributed by atoms with Crippen molar-refractivity contribution < 1.29 is 9.13 Å². The molecule has 0 aliphatic rings. The van der Waals surface area contributed by atoms with E-state index in [0.29, 0.717) is 13.2 Å². The third kappa shape index (κ3) is 4.01. The summed E-state index contributed by atoms with van der Waals surface area (Å²) in [6, 6.07) is 5.06. The first kappa shape index (κ1) is 14.0. The number of nitrogens with zero attached hydrogens (tertiary/aromatic N) is 1. The third-order valence-corrected chi connectivity index (χ3v) is 3.50. The van der Waals surface area contributed by atoms with Crippen LogP contribution in [0.1, 0.15) is 22.4 Å². The van der Waals surface area contributed by atoms with E-state index in [-0.39, 0.29) is 11.6 Å². The molecule has 1 heterocycles. The van der Waals surface area contributed by atoms with Crippen LogP contribution in [-0.4, -0.2) is 11.5 Å². The van der Waals surface area contributed by atoms with Crippen molar-refractivity contribution in [2.45, 2.75) is 27.0 Å². The molecule has 3 nitrogen and oxygen atoms in total. The van der Waals surface area contributed by atoms with E-state index in [4.69, 9.17) is 4.74 Å². The van der Waals surface area contributed by atoms with Gasteiger partial charge in [0.1, 0.15) is 6.61 Å². The fraction of sp³-hybridized carbons (Fsp3) is 0.357. The number of hydrogen-bond acceptors (Lipinski definition) is 4. The fourth-order valence-electron chi connectivity index (χ4n) is 1.66. The summed E-state index contributed by atoms with van der Waals surface area (Å²) in [5, 5.41) is 4.14. The third-order valence-electron chi connectivity index (χ3n) is 2.61. The molecule has 19 heavy (non-hydrogen) atoms. The highest BCUT2D eigenvalue weighted by molar-refractivity contribution is 7.11. The molecule has 0 aliphatic heterocycles. The molecule has 0 saturated heterocycles. The smallest absolute Gasteiger partial charge is 0.165 e. The topological polar surface area (TPSA) is 34.1 Å². The SMILES string of the molecule is CCNCc1ccc(OCc2cnc(C)s2)c(F)c1. The molecule has 0 saturated carbocycles. The molecule has 0 atom stereocenters. The van der Waals surface area contributed by atoms with Crippen molar-refractivity contribution in [1.29, 1.82) is 0 Å². The van der Waals surface area contributed by atoms with E-state index in [1.165, 1.54) is 6.07 Å². The maximum absolute atomic E-state index is 13.8. The van der Waals surface area contributed by atoms with Crippen molar-refractivity contribution in [3.8, 4) is 5.75 Å². The number of aromatic nitrogens is 1. The van der Waals surface area contributed by atoms with E-state index in [1.54, 1.807) is 23.6 Å². The van der Waals surface area contributed by atoms with Crippen LogP contribution in [0, 0.1) is 12.7 Å². The molecule has 0 amide bonds. The Balaban J connectivity index is 1.96. The number of hydrogen-bond donors (Lipinski definition) is 1. The summed E-state index contributed by atoms with van der Waals surface area (Å²) in [4.78, 5) is 5.13. The van der Waals surface area contributed by atoms with Gasteiger partial charge in [0.25, 0.3) is 0 Å². The maximum atomic E-state index is 13.8. The quantitative estimate of drug-likeness (QED) is 0.881. The minimum Gasteiger partial charge on any atom is -0.485 e. The minimum absolute atomic E-state index is 0.284. The Hall–Kier alpha value is -1.46. The van der Waals surface area contributed by atoms with Gasteiger partial charge in [0.05, 0.1) is 9.88 Å². The van der Waals surface area contributed by atoms with Gasteiger partial charge in [0, 0.05) is 12.7 Å². The van der Waals surface area contributed by atoms with Crippen LogP contribution >= 0.6 is 11.3 Å². The number of rotatable bonds is 6. The first-order chi connectivity index (χ1) is 9.19. The van der Waals surface area contributed by atoms with Crippen molar-refractivity contribution in [3.63, 3.8) is 0 Å². The van der Waals surface area contributed by atoms with Gasteiger partial charge in [0.2, 0.25) is 0 Å². The summed E-state index contributed by atoms with van der Waals surface area (Å²) in [5.74, 6) is -0.0389. The van der Waals surface area contributed by atoms with Crippen molar-refractivity contribution in [2.75, 3.05) is 6.54 Å². The van der Waals surface area contributed by atoms with Crippen molar-refractivity contribution in [1.82, 2.24) is 10.3 Å². The van der Waals surface area contributed by atoms with Gasteiger partial charge < -0.3 is 10.1 Å². The van der Waals surface area contributed by atoms with Crippen LogP contribution in [0.5, 0.6) is 5.75 Å². The maximum Gasteiger partial charge on any atom is 0.165 e. The summed E-state index contributed by atoms with van der Waals surface area (Å²) in [7, 11) is 0. The number of halogens is 1. The van der Waals surface area contributed by atoms with E-state index in [1.807, 2.05) is 19.9 Å². The lowest BCUT2D eigenvalue weighted by Crippen LogP contribution is -2.11. The molecule has 2 aromatic rings. The van der Waals surface area contributed by atoms with Crippen LogP contribution in [0.15, 0.2) is 24.4 Å². The highest BCUT2D eigenvalue weighted by Crippen LogP contribution is 2.21. The Morgan fingerprint density at radius 1 is 1.42 bits per heavy atom. The molecule has 1 N–H and O–H groups in total. The monoisotopic (exact) mass is 280 g/mol. The molecule has 0 fully saturated rings. The Morgan fingerprint density at radius 3 is 2.89 bits per heavy atom. The van der Waals surface area contributed by atoms with Crippen LogP contribution in [-0.2, 0) is 13.2 Å². The fourth-order valence-corrected chi connectivity index (χ4v) is 2.37. The zero-order chi connectivity index (χ0) is 13.7. The van der Waals surface area contributed by atoms with E-state index >= 15 is 0 Å². The Bertz CT molecular complexity index is 542. The Morgan fingerprint density at radius 2 is 2.26 bits per heavy atom. The van der Waals surface area contributed by atoms with Gasteiger partial charge in [-0.15, -0.1) is 11.3 Å². The summed E-state index contributed by atoms with van der Waals surface area (Å²) in [6.07, 6.45) is 1.76. The van der Waals surface area contributed by atoms with Gasteiger partial charge >= 0.3 is 0 Å². The molecule has 0 bridgehead atoms. The molecule has 0 unspecified atom stereocenters. The molecule has 1 aromatic heterocycles. The van der Waals surface area contributed by atoms with Gasteiger partial charge in [-0.2, -0.15) is 0 Å². The average Bonchev–Trinajstić information content (AvgIpc) is 2.81. The number of ether oxygens (including phenoxy) is 1. The van der Waals surface area contributed by atoms with Crippen molar-refractivity contribution in [3.05, 3.63) is 45.7 Å². The van der Waals surface area contributed by atoms with Gasteiger partial charge in [0.15, 0.2) is 11.6 Å². The van der Waals surface area contributed by atoms with Crippen LogP contribution in [0.2, 0.25) is 0 Å². The summed E-state index contributed by atoms with van der Waals surface area (Å²) >= 11 is 1.56. The zero-order valence-corrected chi connectivity index (χ0v) is 11.9. The summed E-state index contributed by atoms with van der Waals surface area (Å²) in [6.45, 7) is 5.84. The lowest BCUT2D eigenvalue weighted by Gasteiger charge is -2.08. The molecule has 0 aliphatic carbocycles. The average molecular weight is 280 g/mol. The second kappa shape index (κ2) is 6.63. The predicted molar refractivity (Wildman–Crippen MR) is 75.0 cm³/mol. The van der Waals surface area contributed by atoms with Crippen molar-refractivity contribution in [2.24, 2.45) is 0 Å². The number of nitrogens with one attached hydrogen (secondary N) is 1. The van der Waals surface area contributed by atoms with Gasteiger partial charge in [-0.1, -0.05) is 13.0 Å². The van der Waals surface area contributed by atoms with Gasteiger partial charge in [-0.3, -0.25) is 0 Å². The normalized spacial score (nSPS) is 10.7. The lowest BCUT2D eigenvalue weighted by molar-refractivity contribution is 0.293. The van der Waals surface area contributed by atoms with E-state index < -0.39 is 0 Å². The molecule has 0 radical (unpaired) electrons. The van der Waals surface area contributed by atoms with Gasteiger partial charge in [-0.05, 0) is 31.2 Å². The molecular formula is C14H17FN2OS. The summed E-state index contributed by atoms with van der Waals surface area (Å²) < 4.78 is 19.3. The molecule has 102 valence electrons. The predicted octanol–water partition coefficient (Wildman–Crippen LogP) is 3.28. The number of benzene rings is 1. The first-order valence-corrected chi connectivity index (χ1v) is 7.04. The Kier molecular flexibility index (Phi) is 4.87. The molecule has 1 aromatic carbocycles. The summed E-state index contributed by atoms with van der Waals surface area (Å²) in [5.41, 5.74) is 0.917. The van der Waals surface area contributed by atoms with E-state index in [0.717, 1.165) is 22.0 Å². The molecule has 5 heteroatoms. The van der Waals surface area contributed by atoms with E-state index in [9.17, 15) is 4.39 Å². The Labute approximate surface area is 116 Å². The molecule has 2 rings (SSSR count).